The number of carbonyl (C=O) groups is 3. The van der Waals surface area contributed by atoms with E-state index in [9.17, 15) is 14.4 Å². The van der Waals surface area contributed by atoms with Crippen molar-refractivity contribution in [3.8, 4) is 0 Å². The molecule has 0 bridgehead atoms. The maximum absolute atomic E-state index is 12.7. The van der Waals surface area contributed by atoms with Gasteiger partial charge in [-0.25, -0.2) is 4.79 Å². The number of carbonyl (C=O) groups excluding carboxylic acids is 3. The molecule has 1 aliphatic heterocycles. The number of rotatable bonds is 4. The number of halogens is 1. The van der Waals surface area contributed by atoms with Crippen molar-refractivity contribution < 1.29 is 14.4 Å². The van der Waals surface area contributed by atoms with E-state index in [0.29, 0.717) is 24.4 Å². The second-order valence-corrected chi connectivity index (χ2v) is 7.16. The number of nitrogens with one attached hydrogen (secondary N) is 2. The van der Waals surface area contributed by atoms with Crippen molar-refractivity contribution in [2.75, 3.05) is 6.54 Å². The van der Waals surface area contributed by atoms with Crippen LogP contribution in [0, 0.1) is 0 Å². The lowest BCUT2D eigenvalue weighted by molar-refractivity contribution is -0.135. The second kappa shape index (κ2) is 7.44. The van der Waals surface area contributed by atoms with Gasteiger partial charge < -0.3 is 10.6 Å². The lowest BCUT2D eigenvalue weighted by atomic mass is 9.90. The molecule has 2 aliphatic rings. The molecule has 1 spiro atoms. The number of hydrogen-bond acceptors (Lipinski definition) is 3. The first-order valence-electron chi connectivity index (χ1n) is 8.65. The largest absolute Gasteiger partial charge is 0.350 e. The topological polar surface area (TPSA) is 78.5 Å². The summed E-state index contributed by atoms with van der Waals surface area (Å²) in [5, 5.41) is 6.16. The minimum Gasteiger partial charge on any atom is -0.350 e. The molecule has 0 atom stereocenters. The molecule has 1 saturated heterocycles. The predicted octanol–water partition coefficient (Wildman–Crippen LogP) is 2.60. The number of benzene rings is 1. The van der Waals surface area contributed by atoms with Gasteiger partial charge in [0.05, 0.1) is 0 Å². The van der Waals surface area contributed by atoms with Crippen molar-refractivity contribution in [1.29, 1.82) is 0 Å². The first-order valence-corrected chi connectivity index (χ1v) is 9.03. The SMILES string of the molecule is O=C(CN1C(=O)NC2(CCCCCC2)C1=O)NCc1cccc(Cl)c1. The summed E-state index contributed by atoms with van der Waals surface area (Å²) < 4.78 is 0. The van der Waals surface area contributed by atoms with Gasteiger partial charge >= 0.3 is 6.03 Å². The Labute approximate surface area is 151 Å². The summed E-state index contributed by atoms with van der Waals surface area (Å²) in [5.41, 5.74) is 0.0548. The number of hydrogen-bond donors (Lipinski definition) is 2. The molecule has 1 aromatic carbocycles. The molecule has 3 rings (SSSR count). The second-order valence-electron chi connectivity index (χ2n) is 6.72. The molecule has 2 fully saturated rings. The molecule has 0 unspecified atom stereocenters. The average Bonchev–Trinajstić information content (AvgIpc) is 2.75. The first kappa shape index (κ1) is 17.7. The zero-order valence-corrected chi connectivity index (χ0v) is 14.8. The normalized spacial score (nSPS) is 19.6. The van der Waals surface area contributed by atoms with Crippen LogP contribution in [0.15, 0.2) is 24.3 Å². The molecule has 7 heteroatoms. The summed E-state index contributed by atoms with van der Waals surface area (Å²) in [6.07, 6.45) is 5.29. The number of nitrogens with zero attached hydrogens (tertiary/aromatic N) is 1. The first-order chi connectivity index (χ1) is 12.0. The highest BCUT2D eigenvalue weighted by Crippen LogP contribution is 2.32. The molecule has 134 valence electrons. The highest BCUT2D eigenvalue weighted by molar-refractivity contribution is 6.30. The van der Waals surface area contributed by atoms with Crippen molar-refractivity contribution in [3.05, 3.63) is 34.9 Å². The van der Waals surface area contributed by atoms with Gasteiger partial charge in [-0.2, -0.15) is 0 Å². The molecule has 25 heavy (non-hydrogen) atoms. The average molecular weight is 364 g/mol. The van der Waals surface area contributed by atoms with Crippen molar-refractivity contribution in [3.63, 3.8) is 0 Å². The summed E-state index contributed by atoms with van der Waals surface area (Å²) in [6, 6.07) is 6.70. The fraction of sp³-hybridized carbons (Fsp3) is 0.500. The van der Waals surface area contributed by atoms with Gasteiger partial charge in [-0.15, -0.1) is 0 Å². The summed E-state index contributed by atoms with van der Waals surface area (Å²) >= 11 is 5.91. The standard InChI is InChI=1S/C18H22ClN3O3/c19-14-7-5-6-13(10-14)11-20-15(23)12-22-16(24)18(21-17(22)25)8-3-1-2-4-9-18/h5-7,10H,1-4,8-9,11-12H2,(H,20,23)(H,21,25). The summed E-state index contributed by atoms with van der Waals surface area (Å²) in [6.45, 7) is 0.0428. The Morgan fingerprint density at radius 3 is 2.60 bits per heavy atom. The minimum absolute atomic E-state index is 0.257. The Morgan fingerprint density at radius 1 is 1.20 bits per heavy atom. The third-order valence-electron chi connectivity index (χ3n) is 4.88. The van der Waals surface area contributed by atoms with Gasteiger partial charge in [0, 0.05) is 11.6 Å². The summed E-state index contributed by atoms with van der Waals surface area (Å²) in [7, 11) is 0. The van der Waals surface area contributed by atoms with Gasteiger partial charge in [0.1, 0.15) is 12.1 Å². The van der Waals surface area contributed by atoms with Gasteiger partial charge in [-0.3, -0.25) is 14.5 Å². The van der Waals surface area contributed by atoms with Crippen LogP contribution >= 0.6 is 11.6 Å². The van der Waals surface area contributed by atoms with Crippen molar-refractivity contribution in [2.45, 2.75) is 50.6 Å². The fourth-order valence-electron chi connectivity index (χ4n) is 3.54. The quantitative estimate of drug-likeness (QED) is 0.807. The van der Waals surface area contributed by atoms with Crippen molar-refractivity contribution in [1.82, 2.24) is 15.5 Å². The monoisotopic (exact) mass is 363 g/mol. The molecule has 6 nitrogen and oxygen atoms in total. The summed E-state index contributed by atoms with van der Waals surface area (Å²) in [5.74, 6) is -0.633. The zero-order valence-electron chi connectivity index (χ0n) is 14.0. The van der Waals surface area contributed by atoms with Crippen LogP contribution in [0.1, 0.15) is 44.1 Å². The fourth-order valence-corrected chi connectivity index (χ4v) is 3.75. The van der Waals surface area contributed by atoms with Gasteiger partial charge in [-0.05, 0) is 30.5 Å². The number of amides is 4. The third kappa shape index (κ3) is 3.95. The smallest absolute Gasteiger partial charge is 0.325 e. The Kier molecular flexibility index (Phi) is 5.27. The van der Waals surface area contributed by atoms with E-state index >= 15 is 0 Å². The summed E-state index contributed by atoms with van der Waals surface area (Å²) in [4.78, 5) is 38.2. The van der Waals surface area contributed by atoms with Crippen LogP contribution in [0.5, 0.6) is 0 Å². The van der Waals surface area contributed by atoms with E-state index in [1.807, 2.05) is 6.07 Å². The lowest BCUT2D eigenvalue weighted by Crippen LogP contribution is -2.47. The highest BCUT2D eigenvalue weighted by Gasteiger charge is 2.50. The van der Waals surface area contributed by atoms with Gasteiger partial charge in [0.25, 0.3) is 5.91 Å². The Balaban J connectivity index is 1.59. The van der Waals surface area contributed by atoms with Gasteiger partial charge in [-0.1, -0.05) is 49.4 Å². The van der Waals surface area contributed by atoms with Crippen LogP contribution in [0.25, 0.3) is 0 Å². The Morgan fingerprint density at radius 2 is 1.92 bits per heavy atom. The maximum atomic E-state index is 12.7. The van der Waals surface area contributed by atoms with Gasteiger partial charge in [0.2, 0.25) is 5.91 Å². The van der Waals surface area contributed by atoms with E-state index in [2.05, 4.69) is 10.6 Å². The number of urea groups is 1. The van der Waals surface area contributed by atoms with E-state index in [0.717, 1.165) is 36.1 Å². The van der Waals surface area contributed by atoms with Gasteiger partial charge in [0.15, 0.2) is 0 Å². The highest BCUT2D eigenvalue weighted by atomic mass is 35.5. The molecule has 1 heterocycles. The molecule has 1 saturated carbocycles. The van der Waals surface area contributed by atoms with Crippen LogP contribution < -0.4 is 10.6 Å². The minimum atomic E-state index is -0.805. The molecule has 1 aliphatic carbocycles. The zero-order chi connectivity index (χ0) is 17.9. The van der Waals surface area contributed by atoms with Crippen LogP contribution in [-0.4, -0.2) is 34.8 Å². The molecular formula is C18H22ClN3O3. The Bertz CT molecular complexity index is 684. The number of imide groups is 1. The van der Waals surface area contributed by atoms with Crippen molar-refractivity contribution >= 4 is 29.4 Å². The van der Waals surface area contributed by atoms with E-state index in [-0.39, 0.29) is 18.4 Å². The molecule has 2 N–H and O–H groups in total. The Hall–Kier alpha value is -2.08. The predicted molar refractivity (Wildman–Crippen MR) is 94.0 cm³/mol. The van der Waals surface area contributed by atoms with Crippen LogP contribution in [-0.2, 0) is 16.1 Å². The van der Waals surface area contributed by atoms with E-state index in [1.165, 1.54) is 0 Å². The van der Waals surface area contributed by atoms with E-state index in [1.54, 1.807) is 18.2 Å². The molecular weight excluding hydrogens is 342 g/mol. The molecule has 4 amide bonds. The van der Waals surface area contributed by atoms with Crippen LogP contribution in [0.4, 0.5) is 4.79 Å². The molecule has 0 radical (unpaired) electrons. The third-order valence-corrected chi connectivity index (χ3v) is 5.12. The maximum Gasteiger partial charge on any atom is 0.325 e. The van der Waals surface area contributed by atoms with Crippen molar-refractivity contribution in [2.24, 2.45) is 0 Å². The molecule has 1 aromatic rings. The van der Waals surface area contributed by atoms with E-state index in [4.69, 9.17) is 11.6 Å². The van der Waals surface area contributed by atoms with Crippen LogP contribution in [0.2, 0.25) is 5.02 Å². The molecule has 0 aromatic heterocycles. The lowest BCUT2D eigenvalue weighted by Gasteiger charge is -2.24. The van der Waals surface area contributed by atoms with Crippen LogP contribution in [0.3, 0.4) is 0 Å². The van der Waals surface area contributed by atoms with E-state index < -0.39 is 11.6 Å².